The molecule has 0 unspecified atom stereocenters. The number of anilines is 1. The smallest absolute Gasteiger partial charge is 0.243 e. The minimum Gasteiger partial charge on any atom is -0.352 e. The number of hydrogen-bond donors (Lipinski definition) is 1. The summed E-state index contributed by atoms with van der Waals surface area (Å²) in [4.78, 5) is 28.6. The van der Waals surface area contributed by atoms with Crippen LogP contribution in [0.3, 0.4) is 0 Å². The van der Waals surface area contributed by atoms with Gasteiger partial charge in [0, 0.05) is 46.2 Å². The summed E-state index contributed by atoms with van der Waals surface area (Å²) in [6.07, 6.45) is 6.96. The zero-order valence-corrected chi connectivity index (χ0v) is 25.4. The van der Waals surface area contributed by atoms with E-state index >= 15 is 0 Å². The van der Waals surface area contributed by atoms with E-state index in [1.807, 2.05) is 6.92 Å². The maximum atomic E-state index is 13.7. The molecule has 2 aromatic rings. The van der Waals surface area contributed by atoms with Gasteiger partial charge >= 0.3 is 0 Å². The summed E-state index contributed by atoms with van der Waals surface area (Å²) in [6, 6.07) is 11.1. The lowest BCUT2D eigenvalue weighted by Gasteiger charge is -2.33. The van der Waals surface area contributed by atoms with E-state index in [4.69, 9.17) is 34.8 Å². The van der Waals surface area contributed by atoms with Crippen molar-refractivity contribution >= 4 is 62.3 Å². The van der Waals surface area contributed by atoms with Crippen molar-refractivity contribution in [3.63, 3.8) is 0 Å². The molecule has 3 rings (SSSR count). The van der Waals surface area contributed by atoms with Crippen molar-refractivity contribution in [2.24, 2.45) is 0 Å². The molecule has 2 amide bonds. The third kappa shape index (κ3) is 9.00. The first kappa shape index (κ1) is 31.5. The summed E-state index contributed by atoms with van der Waals surface area (Å²) < 4.78 is 26.2. The van der Waals surface area contributed by atoms with E-state index in [2.05, 4.69) is 5.32 Å². The molecule has 1 fully saturated rings. The van der Waals surface area contributed by atoms with Crippen molar-refractivity contribution in [3.8, 4) is 0 Å². The van der Waals surface area contributed by atoms with Gasteiger partial charge in [0.1, 0.15) is 6.04 Å². The number of benzene rings is 2. The topological polar surface area (TPSA) is 86.8 Å². The molecule has 0 aromatic heterocycles. The highest BCUT2D eigenvalue weighted by Gasteiger charge is 2.31. The van der Waals surface area contributed by atoms with Gasteiger partial charge in [0.05, 0.1) is 11.9 Å². The summed E-state index contributed by atoms with van der Waals surface area (Å²) in [7, 11) is -3.61. The maximum absolute atomic E-state index is 13.7. The Morgan fingerprint density at radius 2 is 1.67 bits per heavy atom. The van der Waals surface area contributed by atoms with Gasteiger partial charge in [0.2, 0.25) is 21.8 Å². The number of nitrogens with one attached hydrogen (secondary N) is 1. The number of sulfonamides is 1. The van der Waals surface area contributed by atoms with Crippen LogP contribution >= 0.6 is 34.8 Å². The van der Waals surface area contributed by atoms with Crippen LogP contribution in [0.2, 0.25) is 15.1 Å². The molecule has 0 spiro atoms. The predicted octanol–water partition coefficient (Wildman–Crippen LogP) is 6.45. The fraction of sp³-hybridized carbons (Fsp3) is 0.500. The lowest BCUT2D eigenvalue weighted by atomic mass is 9.95. The number of hydrogen-bond acceptors (Lipinski definition) is 4. The second-order valence-electron chi connectivity index (χ2n) is 9.91. The lowest BCUT2D eigenvalue weighted by Crippen LogP contribution is -2.51. The largest absolute Gasteiger partial charge is 0.352 e. The van der Waals surface area contributed by atoms with Gasteiger partial charge in [0.15, 0.2) is 0 Å². The maximum Gasteiger partial charge on any atom is 0.243 e. The zero-order valence-electron chi connectivity index (χ0n) is 22.3. The molecule has 7 nitrogen and oxygen atoms in total. The number of carbonyl (C=O) groups excluding carboxylic acids is 2. The van der Waals surface area contributed by atoms with E-state index < -0.39 is 16.1 Å². The molecule has 2 aromatic carbocycles. The van der Waals surface area contributed by atoms with Crippen molar-refractivity contribution in [1.29, 1.82) is 0 Å². The van der Waals surface area contributed by atoms with E-state index in [0.717, 1.165) is 31.9 Å². The number of carbonyl (C=O) groups is 2. The molecule has 0 saturated heterocycles. The molecule has 1 aliphatic carbocycles. The van der Waals surface area contributed by atoms with E-state index in [9.17, 15) is 18.0 Å². The first-order valence-electron chi connectivity index (χ1n) is 13.3. The number of nitrogens with zero attached hydrogens (tertiary/aromatic N) is 2. The summed E-state index contributed by atoms with van der Waals surface area (Å²) in [6.45, 7) is 2.01. The quantitative estimate of drug-likeness (QED) is 0.297. The first-order chi connectivity index (χ1) is 18.5. The first-order valence-corrected chi connectivity index (χ1v) is 16.3. The van der Waals surface area contributed by atoms with Gasteiger partial charge in [-0.25, -0.2) is 8.42 Å². The molecular weight excluding hydrogens is 581 g/mol. The fourth-order valence-corrected chi connectivity index (χ4v) is 6.61. The van der Waals surface area contributed by atoms with E-state index in [1.54, 1.807) is 42.5 Å². The highest BCUT2D eigenvalue weighted by atomic mass is 35.5. The zero-order chi connectivity index (χ0) is 28.6. The number of amides is 2. The molecule has 0 aliphatic heterocycles. The third-order valence-corrected chi connectivity index (χ3v) is 9.11. The van der Waals surface area contributed by atoms with Gasteiger partial charge in [-0.1, -0.05) is 73.1 Å². The Bertz CT molecular complexity index is 1230. The van der Waals surface area contributed by atoms with Crippen LogP contribution in [0.25, 0.3) is 0 Å². The van der Waals surface area contributed by atoms with Gasteiger partial charge < -0.3 is 10.2 Å². The van der Waals surface area contributed by atoms with Crippen LogP contribution in [0.5, 0.6) is 0 Å². The van der Waals surface area contributed by atoms with Crippen LogP contribution in [0.4, 0.5) is 5.69 Å². The van der Waals surface area contributed by atoms with Crippen molar-refractivity contribution in [3.05, 3.63) is 63.1 Å². The van der Waals surface area contributed by atoms with Crippen molar-refractivity contribution in [2.45, 2.75) is 76.9 Å². The Kier molecular flexibility index (Phi) is 11.8. The minimum absolute atomic E-state index is 0.0296. The van der Waals surface area contributed by atoms with Crippen molar-refractivity contribution in [1.82, 2.24) is 10.2 Å². The molecule has 1 saturated carbocycles. The number of halogens is 3. The Hall–Kier alpha value is -2.00. The summed E-state index contributed by atoms with van der Waals surface area (Å²) in [5.74, 6) is -0.478. The van der Waals surface area contributed by atoms with Crippen molar-refractivity contribution < 1.29 is 18.0 Å². The highest BCUT2D eigenvalue weighted by molar-refractivity contribution is 7.92. The Morgan fingerprint density at radius 3 is 2.26 bits per heavy atom. The van der Waals surface area contributed by atoms with E-state index in [-0.39, 0.29) is 43.8 Å². The van der Waals surface area contributed by atoms with Gasteiger partial charge in [-0.15, -0.1) is 0 Å². The molecule has 1 atom stereocenters. The SMILES string of the molecule is CC[C@H](C(=O)NC1CCCCC1)N(Cc1c(Cl)cccc1Cl)C(=O)CCCN(c1cccc(Cl)c1)S(C)(=O)=O. The molecule has 0 radical (unpaired) electrons. The standard InChI is InChI=1S/C28H36Cl3N3O4S/c1-3-26(28(36)32-21-11-5-4-6-12-21)33(19-23-24(30)14-8-15-25(23)31)27(35)16-9-17-34(39(2,37)38)22-13-7-10-20(29)18-22/h7-8,10,13-15,18,21,26H,3-6,9,11-12,16-17,19H2,1-2H3,(H,32,36)/t26-/m1/s1. The Balaban J connectivity index is 1.80. The molecule has 0 heterocycles. The predicted molar refractivity (Wildman–Crippen MR) is 159 cm³/mol. The lowest BCUT2D eigenvalue weighted by molar-refractivity contribution is -0.141. The minimum atomic E-state index is -3.61. The Morgan fingerprint density at radius 1 is 1.03 bits per heavy atom. The van der Waals surface area contributed by atoms with E-state index in [1.165, 1.54) is 15.6 Å². The van der Waals surface area contributed by atoms with Crippen LogP contribution in [-0.2, 0) is 26.2 Å². The van der Waals surface area contributed by atoms with Gasteiger partial charge in [-0.05, 0) is 56.0 Å². The van der Waals surface area contributed by atoms with Crippen LogP contribution in [0.15, 0.2) is 42.5 Å². The summed E-state index contributed by atoms with van der Waals surface area (Å²) >= 11 is 18.9. The monoisotopic (exact) mass is 615 g/mol. The molecule has 39 heavy (non-hydrogen) atoms. The third-order valence-electron chi connectivity index (χ3n) is 6.98. The van der Waals surface area contributed by atoms with E-state index in [0.29, 0.717) is 32.7 Å². The average Bonchev–Trinajstić information content (AvgIpc) is 2.88. The van der Waals surface area contributed by atoms with Crippen LogP contribution in [0, 0.1) is 0 Å². The fourth-order valence-electron chi connectivity index (χ4n) is 4.95. The molecular formula is C28H36Cl3N3O4S. The molecule has 11 heteroatoms. The van der Waals surface area contributed by atoms with Crippen molar-refractivity contribution in [2.75, 3.05) is 17.1 Å². The summed E-state index contributed by atoms with van der Waals surface area (Å²) in [5, 5.41) is 4.37. The molecule has 1 aliphatic rings. The van der Waals surface area contributed by atoms with Gasteiger partial charge in [-0.3, -0.25) is 13.9 Å². The van der Waals surface area contributed by atoms with Crippen LogP contribution < -0.4 is 9.62 Å². The van der Waals surface area contributed by atoms with Gasteiger partial charge in [-0.2, -0.15) is 0 Å². The molecule has 1 N–H and O–H groups in total. The van der Waals surface area contributed by atoms with Crippen LogP contribution in [-0.4, -0.2) is 50.0 Å². The average molecular weight is 617 g/mol. The highest BCUT2D eigenvalue weighted by Crippen LogP contribution is 2.28. The van der Waals surface area contributed by atoms with Crippen LogP contribution in [0.1, 0.15) is 63.9 Å². The Labute approximate surface area is 246 Å². The number of rotatable bonds is 12. The second-order valence-corrected chi connectivity index (χ2v) is 13.1. The normalized spacial score (nSPS) is 15.0. The van der Waals surface area contributed by atoms with Gasteiger partial charge in [0.25, 0.3) is 0 Å². The summed E-state index contributed by atoms with van der Waals surface area (Å²) in [5.41, 5.74) is 0.991. The molecule has 214 valence electrons. The molecule has 0 bridgehead atoms. The second kappa shape index (κ2) is 14.6.